The fourth-order valence-corrected chi connectivity index (χ4v) is 3.93. The van der Waals surface area contributed by atoms with E-state index in [-0.39, 0.29) is 5.82 Å². The van der Waals surface area contributed by atoms with Crippen molar-refractivity contribution in [3.05, 3.63) is 64.1 Å². The highest BCUT2D eigenvalue weighted by Crippen LogP contribution is 2.36. The van der Waals surface area contributed by atoms with Gasteiger partial charge in [0.15, 0.2) is 0 Å². The summed E-state index contributed by atoms with van der Waals surface area (Å²) in [6.07, 6.45) is 6.06. The minimum Gasteiger partial charge on any atom is -0.494 e. The van der Waals surface area contributed by atoms with Gasteiger partial charge < -0.3 is 10.5 Å². The molecule has 160 valence electrons. The summed E-state index contributed by atoms with van der Waals surface area (Å²) in [7, 11) is 0. The third-order valence-electron chi connectivity index (χ3n) is 5.36. The summed E-state index contributed by atoms with van der Waals surface area (Å²) < 4.78 is 6.88. The van der Waals surface area contributed by atoms with Crippen LogP contribution in [-0.2, 0) is 0 Å². The summed E-state index contributed by atoms with van der Waals surface area (Å²) in [5, 5.41) is 9.74. The van der Waals surface area contributed by atoms with Crippen molar-refractivity contribution in [2.75, 3.05) is 12.3 Å². The maximum absolute atomic E-state index is 9.74. The Morgan fingerprint density at radius 1 is 0.968 bits per heavy atom. The lowest BCUT2D eigenvalue weighted by Gasteiger charge is -2.15. The molecule has 31 heavy (non-hydrogen) atoms. The van der Waals surface area contributed by atoms with Gasteiger partial charge >= 0.3 is 0 Å². The zero-order chi connectivity index (χ0) is 22.2. The van der Waals surface area contributed by atoms with E-state index in [1.54, 1.807) is 0 Å². The fourth-order valence-electron chi connectivity index (χ4n) is 3.67. The minimum absolute atomic E-state index is 0.244. The number of aromatic nitrogens is 1. The Hall–Kier alpha value is -2.84. The number of rotatable bonds is 9. The first-order valence-electron chi connectivity index (χ1n) is 10.7. The number of nitriles is 1. The van der Waals surface area contributed by atoms with Crippen LogP contribution in [0.3, 0.4) is 0 Å². The van der Waals surface area contributed by atoms with Crippen LogP contribution >= 0.6 is 15.9 Å². The van der Waals surface area contributed by atoms with Gasteiger partial charge in [0.25, 0.3) is 0 Å². The van der Waals surface area contributed by atoms with Gasteiger partial charge in [0.2, 0.25) is 0 Å². The third kappa shape index (κ3) is 5.65. The van der Waals surface area contributed by atoms with E-state index >= 15 is 0 Å². The molecule has 0 aliphatic rings. The molecule has 0 atom stereocenters. The predicted octanol–water partition coefficient (Wildman–Crippen LogP) is 7.29. The smallest absolute Gasteiger partial charge is 0.142 e. The highest BCUT2D eigenvalue weighted by atomic mass is 79.9. The number of ether oxygens (including phenoxy) is 1. The van der Waals surface area contributed by atoms with Gasteiger partial charge in [-0.1, -0.05) is 72.8 Å². The van der Waals surface area contributed by atoms with Crippen molar-refractivity contribution in [1.29, 1.82) is 5.26 Å². The number of halogens is 1. The summed E-state index contributed by atoms with van der Waals surface area (Å²) in [5.41, 5.74) is 11.0. The highest BCUT2D eigenvalue weighted by molar-refractivity contribution is 9.10. The van der Waals surface area contributed by atoms with Crippen molar-refractivity contribution in [3.63, 3.8) is 0 Å². The number of nitrogen functional groups attached to an aromatic ring is 1. The zero-order valence-corrected chi connectivity index (χ0v) is 19.7. The van der Waals surface area contributed by atoms with Gasteiger partial charge in [-0.15, -0.1) is 0 Å². The van der Waals surface area contributed by atoms with E-state index in [0.29, 0.717) is 5.56 Å². The molecule has 0 fully saturated rings. The second kappa shape index (κ2) is 11.0. The number of anilines is 1. The van der Waals surface area contributed by atoms with Gasteiger partial charge in [-0.3, -0.25) is 0 Å². The predicted molar refractivity (Wildman–Crippen MR) is 131 cm³/mol. The van der Waals surface area contributed by atoms with Crippen molar-refractivity contribution in [2.45, 2.75) is 46.0 Å². The SMILES string of the molecule is CCCCCCCOc1ccc(-c2c(C)c(-c3ccc(Br)cc3)nc(N)c2C#N)cc1. The molecule has 0 amide bonds. The number of nitrogens with zero attached hydrogens (tertiary/aromatic N) is 2. The van der Waals surface area contributed by atoms with Crippen LogP contribution < -0.4 is 10.5 Å². The van der Waals surface area contributed by atoms with E-state index in [1.807, 2.05) is 55.5 Å². The summed E-state index contributed by atoms with van der Waals surface area (Å²) in [4.78, 5) is 4.53. The van der Waals surface area contributed by atoms with Gasteiger partial charge in [0.1, 0.15) is 23.2 Å². The zero-order valence-electron chi connectivity index (χ0n) is 18.1. The Morgan fingerprint density at radius 2 is 1.61 bits per heavy atom. The number of hydrogen-bond donors (Lipinski definition) is 1. The maximum Gasteiger partial charge on any atom is 0.142 e. The van der Waals surface area contributed by atoms with E-state index in [4.69, 9.17) is 10.5 Å². The van der Waals surface area contributed by atoms with Crippen molar-refractivity contribution in [3.8, 4) is 34.2 Å². The van der Waals surface area contributed by atoms with E-state index in [0.717, 1.165) is 51.2 Å². The Morgan fingerprint density at radius 3 is 2.26 bits per heavy atom. The minimum atomic E-state index is 0.244. The molecule has 2 aromatic carbocycles. The van der Waals surface area contributed by atoms with Crippen molar-refractivity contribution in [2.24, 2.45) is 0 Å². The first kappa shape index (κ1) is 22.8. The highest BCUT2D eigenvalue weighted by Gasteiger charge is 2.18. The fraction of sp³-hybridized carbons (Fsp3) is 0.308. The largest absolute Gasteiger partial charge is 0.494 e. The lowest BCUT2D eigenvalue weighted by molar-refractivity contribution is 0.304. The van der Waals surface area contributed by atoms with Crippen LogP contribution in [0.25, 0.3) is 22.4 Å². The number of nitrogens with two attached hydrogens (primary N) is 1. The molecule has 0 saturated carbocycles. The van der Waals surface area contributed by atoms with E-state index < -0.39 is 0 Å². The van der Waals surface area contributed by atoms with Gasteiger partial charge in [-0.25, -0.2) is 4.98 Å². The van der Waals surface area contributed by atoms with Crippen LogP contribution in [0.5, 0.6) is 5.75 Å². The molecular formula is C26H28BrN3O. The van der Waals surface area contributed by atoms with Crippen molar-refractivity contribution >= 4 is 21.7 Å². The van der Waals surface area contributed by atoms with Crippen LogP contribution in [0.1, 0.15) is 50.2 Å². The second-order valence-electron chi connectivity index (χ2n) is 7.63. The van der Waals surface area contributed by atoms with Crippen molar-refractivity contribution in [1.82, 2.24) is 4.98 Å². The molecule has 2 N–H and O–H groups in total. The van der Waals surface area contributed by atoms with Crippen LogP contribution in [-0.4, -0.2) is 11.6 Å². The summed E-state index contributed by atoms with van der Waals surface area (Å²) >= 11 is 3.47. The van der Waals surface area contributed by atoms with Crippen LogP contribution in [0, 0.1) is 18.3 Å². The van der Waals surface area contributed by atoms with E-state index in [2.05, 4.69) is 33.9 Å². The van der Waals surface area contributed by atoms with Crippen LogP contribution in [0.4, 0.5) is 5.82 Å². The molecule has 0 aliphatic carbocycles. The topological polar surface area (TPSA) is 71.9 Å². The van der Waals surface area contributed by atoms with Crippen molar-refractivity contribution < 1.29 is 4.74 Å². The average molecular weight is 478 g/mol. The molecule has 5 heteroatoms. The molecule has 0 bridgehead atoms. The lowest BCUT2D eigenvalue weighted by atomic mass is 9.93. The van der Waals surface area contributed by atoms with E-state index in [9.17, 15) is 5.26 Å². The number of benzene rings is 2. The average Bonchev–Trinajstić information content (AvgIpc) is 2.78. The Balaban J connectivity index is 1.86. The lowest BCUT2D eigenvalue weighted by Crippen LogP contribution is -2.03. The summed E-state index contributed by atoms with van der Waals surface area (Å²) in [5.74, 6) is 1.08. The molecule has 3 aromatic rings. The normalized spacial score (nSPS) is 10.6. The molecule has 0 spiro atoms. The molecule has 0 aliphatic heterocycles. The number of pyridine rings is 1. The van der Waals surface area contributed by atoms with Gasteiger partial charge in [0.05, 0.1) is 12.3 Å². The molecule has 1 heterocycles. The monoisotopic (exact) mass is 477 g/mol. The summed E-state index contributed by atoms with van der Waals surface area (Å²) in [6, 6.07) is 18.1. The molecule has 4 nitrogen and oxygen atoms in total. The molecule has 0 unspecified atom stereocenters. The molecular weight excluding hydrogens is 450 g/mol. The second-order valence-corrected chi connectivity index (χ2v) is 8.54. The number of unbranched alkanes of at least 4 members (excludes halogenated alkanes) is 4. The van der Waals surface area contributed by atoms with Crippen LogP contribution in [0.15, 0.2) is 53.0 Å². The first-order valence-corrected chi connectivity index (χ1v) is 11.5. The number of hydrogen-bond acceptors (Lipinski definition) is 4. The molecule has 0 saturated heterocycles. The van der Waals surface area contributed by atoms with Gasteiger partial charge in [0, 0.05) is 15.6 Å². The maximum atomic E-state index is 9.74. The molecule has 3 rings (SSSR count). The first-order chi connectivity index (χ1) is 15.0. The van der Waals surface area contributed by atoms with Gasteiger partial charge in [-0.2, -0.15) is 5.26 Å². The van der Waals surface area contributed by atoms with Gasteiger partial charge in [-0.05, 0) is 48.7 Å². The Bertz CT molecular complexity index is 1050. The standard InChI is InChI=1S/C26H28BrN3O/c1-3-4-5-6-7-16-31-22-14-10-19(11-15-22)24-18(2)25(30-26(29)23(24)17-28)20-8-12-21(27)13-9-20/h8-15H,3-7,16H2,1-2H3,(H2,29,30). The summed E-state index contributed by atoms with van der Waals surface area (Å²) in [6.45, 7) is 4.93. The van der Waals surface area contributed by atoms with Crippen LogP contribution in [0.2, 0.25) is 0 Å². The van der Waals surface area contributed by atoms with E-state index in [1.165, 1.54) is 25.7 Å². The quantitative estimate of drug-likeness (QED) is 0.328. The Labute approximate surface area is 193 Å². The molecule has 0 radical (unpaired) electrons. The molecule has 1 aromatic heterocycles. The Kier molecular flexibility index (Phi) is 8.08. The third-order valence-corrected chi connectivity index (χ3v) is 5.89.